The first-order chi connectivity index (χ1) is 11.1. The number of aliphatic hydroxyl groups excluding tert-OH is 1. The molecule has 1 aliphatic heterocycles. The number of para-hydroxylation sites is 1. The van der Waals surface area contributed by atoms with Crippen LogP contribution in [0.15, 0.2) is 30.5 Å². The zero-order valence-corrected chi connectivity index (χ0v) is 14.0. The number of benzene rings is 1. The minimum absolute atomic E-state index is 0.0556. The highest BCUT2D eigenvalue weighted by Crippen LogP contribution is 2.35. The van der Waals surface area contributed by atoms with E-state index in [1.165, 1.54) is 0 Å². The molecule has 1 unspecified atom stereocenters. The van der Waals surface area contributed by atoms with Crippen LogP contribution < -0.4 is 0 Å². The standard InChI is InChI=1S/C19H26N2O2/c1-3-19(13-22)8-10-21(11-9-19)14(2)18(23)16-12-20-17-7-5-4-6-15(16)17/h4-7,12,14,20,22H,3,8-11,13H2,1-2H3. The predicted molar refractivity (Wildman–Crippen MR) is 92.7 cm³/mol. The Morgan fingerprint density at radius 1 is 1.35 bits per heavy atom. The van der Waals surface area contributed by atoms with Crippen molar-refractivity contribution in [2.24, 2.45) is 5.41 Å². The number of aromatic amines is 1. The monoisotopic (exact) mass is 314 g/mol. The highest BCUT2D eigenvalue weighted by molar-refractivity contribution is 6.10. The molecule has 2 N–H and O–H groups in total. The number of hydrogen-bond acceptors (Lipinski definition) is 3. The summed E-state index contributed by atoms with van der Waals surface area (Å²) < 4.78 is 0. The Morgan fingerprint density at radius 2 is 2.04 bits per heavy atom. The summed E-state index contributed by atoms with van der Waals surface area (Å²) in [6.45, 7) is 6.16. The molecule has 3 rings (SSSR count). The van der Waals surface area contributed by atoms with Gasteiger partial charge >= 0.3 is 0 Å². The molecule has 1 aromatic heterocycles. The van der Waals surface area contributed by atoms with Crippen molar-refractivity contribution in [1.82, 2.24) is 9.88 Å². The molecule has 23 heavy (non-hydrogen) atoms. The van der Waals surface area contributed by atoms with Gasteiger partial charge in [-0.1, -0.05) is 25.1 Å². The molecule has 0 spiro atoms. The maximum absolute atomic E-state index is 12.9. The summed E-state index contributed by atoms with van der Waals surface area (Å²) in [7, 11) is 0. The summed E-state index contributed by atoms with van der Waals surface area (Å²) in [5.74, 6) is 0.176. The van der Waals surface area contributed by atoms with Gasteiger partial charge in [0.05, 0.1) is 6.04 Å². The third-order valence-electron chi connectivity index (χ3n) is 5.73. The molecule has 1 aromatic carbocycles. The van der Waals surface area contributed by atoms with Crippen molar-refractivity contribution in [3.05, 3.63) is 36.0 Å². The maximum Gasteiger partial charge on any atom is 0.181 e. The number of aliphatic hydroxyl groups is 1. The van der Waals surface area contributed by atoms with E-state index in [2.05, 4.69) is 16.8 Å². The van der Waals surface area contributed by atoms with Crippen molar-refractivity contribution in [3.8, 4) is 0 Å². The molecule has 2 heterocycles. The minimum atomic E-state index is -0.122. The van der Waals surface area contributed by atoms with Crippen LogP contribution in [0.4, 0.5) is 0 Å². The Bertz CT molecular complexity index is 677. The molecule has 1 atom stereocenters. The predicted octanol–water partition coefficient (Wildman–Crippen LogP) is 3.22. The zero-order valence-electron chi connectivity index (χ0n) is 14.0. The molecule has 1 fully saturated rings. The van der Waals surface area contributed by atoms with E-state index in [0.717, 1.165) is 48.8 Å². The molecular weight excluding hydrogens is 288 g/mol. The van der Waals surface area contributed by atoms with E-state index in [1.807, 2.05) is 37.4 Å². The van der Waals surface area contributed by atoms with Crippen molar-refractivity contribution in [2.75, 3.05) is 19.7 Å². The van der Waals surface area contributed by atoms with Gasteiger partial charge in [0.15, 0.2) is 5.78 Å². The normalized spacial score (nSPS) is 19.8. The number of fused-ring (bicyclic) bond motifs is 1. The summed E-state index contributed by atoms with van der Waals surface area (Å²) in [6, 6.07) is 7.81. The van der Waals surface area contributed by atoms with E-state index >= 15 is 0 Å². The second-order valence-corrected chi connectivity index (χ2v) is 6.84. The number of aromatic nitrogens is 1. The van der Waals surface area contributed by atoms with Crippen LogP contribution in [-0.2, 0) is 0 Å². The van der Waals surface area contributed by atoms with E-state index in [1.54, 1.807) is 0 Å². The van der Waals surface area contributed by atoms with E-state index in [9.17, 15) is 9.90 Å². The first-order valence-electron chi connectivity index (χ1n) is 8.55. The molecule has 4 heteroatoms. The number of nitrogens with one attached hydrogen (secondary N) is 1. The van der Waals surface area contributed by atoms with Crippen LogP contribution in [0.1, 0.15) is 43.5 Å². The number of carbonyl (C=O) groups is 1. The van der Waals surface area contributed by atoms with E-state index < -0.39 is 0 Å². The lowest BCUT2D eigenvalue weighted by Crippen LogP contribution is -2.48. The van der Waals surface area contributed by atoms with Gasteiger partial charge in [-0.05, 0) is 50.8 Å². The van der Waals surface area contributed by atoms with Crippen molar-refractivity contribution in [1.29, 1.82) is 0 Å². The lowest BCUT2D eigenvalue weighted by atomic mass is 9.76. The molecule has 124 valence electrons. The van der Waals surface area contributed by atoms with Gasteiger partial charge in [0.1, 0.15) is 0 Å². The van der Waals surface area contributed by atoms with Gasteiger partial charge in [-0.15, -0.1) is 0 Å². The average molecular weight is 314 g/mol. The lowest BCUT2D eigenvalue weighted by Gasteiger charge is -2.42. The Kier molecular flexibility index (Phi) is 4.55. The van der Waals surface area contributed by atoms with Gasteiger partial charge in [-0.2, -0.15) is 0 Å². The molecule has 0 amide bonds. The average Bonchev–Trinajstić information content (AvgIpc) is 3.04. The van der Waals surface area contributed by atoms with E-state index in [0.29, 0.717) is 0 Å². The van der Waals surface area contributed by atoms with Crippen molar-refractivity contribution in [3.63, 3.8) is 0 Å². The van der Waals surface area contributed by atoms with Crippen molar-refractivity contribution < 1.29 is 9.90 Å². The lowest BCUT2D eigenvalue weighted by molar-refractivity contribution is 0.0270. The summed E-state index contributed by atoms with van der Waals surface area (Å²) in [6.07, 6.45) is 4.76. The largest absolute Gasteiger partial charge is 0.396 e. The molecule has 0 saturated carbocycles. The second-order valence-electron chi connectivity index (χ2n) is 6.84. The topological polar surface area (TPSA) is 56.3 Å². The molecule has 1 saturated heterocycles. The molecule has 0 bridgehead atoms. The van der Waals surface area contributed by atoms with Crippen molar-refractivity contribution in [2.45, 2.75) is 39.2 Å². The molecular formula is C19H26N2O2. The number of Topliss-reactive ketones (excluding diaryl/α,β-unsaturated/α-hetero) is 1. The summed E-state index contributed by atoms with van der Waals surface area (Å²) in [5, 5.41) is 10.7. The molecule has 4 nitrogen and oxygen atoms in total. The fraction of sp³-hybridized carbons (Fsp3) is 0.526. The van der Waals surface area contributed by atoms with Crippen LogP contribution in [0.25, 0.3) is 10.9 Å². The fourth-order valence-corrected chi connectivity index (χ4v) is 3.68. The Hall–Kier alpha value is -1.65. The minimum Gasteiger partial charge on any atom is -0.396 e. The number of hydrogen-bond donors (Lipinski definition) is 2. The number of piperidine rings is 1. The van der Waals surface area contributed by atoms with Crippen LogP contribution in [0, 0.1) is 5.41 Å². The smallest absolute Gasteiger partial charge is 0.181 e. The number of ketones is 1. The Morgan fingerprint density at radius 3 is 2.70 bits per heavy atom. The number of H-pyrrole nitrogens is 1. The Labute approximate surface area is 137 Å². The van der Waals surface area contributed by atoms with Crippen LogP contribution in [-0.4, -0.2) is 46.5 Å². The van der Waals surface area contributed by atoms with Gasteiger partial charge in [0.25, 0.3) is 0 Å². The summed E-state index contributed by atoms with van der Waals surface area (Å²) >= 11 is 0. The number of rotatable bonds is 5. The van der Waals surface area contributed by atoms with Gasteiger partial charge in [-0.3, -0.25) is 9.69 Å². The third kappa shape index (κ3) is 2.93. The Balaban J connectivity index is 1.74. The summed E-state index contributed by atoms with van der Waals surface area (Å²) in [4.78, 5) is 18.4. The number of carbonyl (C=O) groups excluding carboxylic acids is 1. The van der Waals surface area contributed by atoms with Crippen molar-refractivity contribution >= 4 is 16.7 Å². The van der Waals surface area contributed by atoms with Crippen LogP contribution >= 0.6 is 0 Å². The van der Waals surface area contributed by atoms with Crippen LogP contribution in [0.5, 0.6) is 0 Å². The first-order valence-corrected chi connectivity index (χ1v) is 8.55. The molecule has 2 aromatic rings. The quantitative estimate of drug-likeness (QED) is 0.833. The van der Waals surface area contributed by atoms with Gasteiger partial charge < -0.3 is 10.1 Å². The second kappa shape index (κ2) is 6.46. The van der Waals surface area contributed by atoms with E-state index in [4.69, 9.17) is 0 Å². The number of likely N-dealkylation sites (tertiary alicyclic amines) is 1. The van der Waals surface area contributed by atoms with Crippen LogP contribution in [0.3, 0.4) is 0 Å². The molecule has 0 aliphatic carbocycles. The molecule has 1 aliphatic rings. The SMILES string of the molecule is CCC1(CO)CCN(C(C)C(=O)c2c[nH]c3ccccc23)CC1. The van der Waals surface area contributed by atoms with Gasteiger partial charge in [-0.25, -0.2) is 0 Å². The van der Waals surface area contributed by atoms with Crippen LogP contribution in [0.2, 0.25) is 0 Å². The molecule has 0 radical (unpaired) electrons. The third-order valence-corrected chi connectivity index (χ3v) is 5.73. The highest BCUT2D eigenvalue weighted by Gasteiger charge is 2.35. The van der Waals surface area contributed by atoms with E-state index in [-0.39, 0.29) is 23.8 Å². The first kappa shape index (κ1) is 16.2. The maximum atomic E-state index is 12.9. The number of nitrogens with zero attached hydrogens (tertiary/aromatic N) is 1. The van der Waals surface area contributed by atoms with Gasteiger partial charge in [0, 0.05) is 29.3 Å². The summed E-state index contributed by atoms with van der Waals surface area (Å²) in [5.41, 5.74) is 1.84. The highest BCUT2D eigenvalue weighted by atomic mass is 16.3. The fourth-order valence-electron chi connectivity index (χ4n) is 3.68. The zero-order chi connectivity index (χ0) is 16.4. The van der Waals surface area contributed by atoms with Gasteiger partial charge in [0.2, 0.25) is 0 Å².